The quantitative estimate of drug-likeness (QED) is 0.550. The number of hydrogen-bond donors (Lipinski definition) is 1. The number of aromatic nitrogens is 2. The Morgan fingerprint density at radius 2 is 1.79 bits per heavy atom. The van der Waals surface area contributed by atoms with Crippen LogP contribution in [0.2, 0.25) is 0 Å². The molecule has 0 aliphatic heterocycles. The molecule has 154 valence electrons. The van der Waals surface area contributed by atoms with E-state index < -0.39 is 10.0 Å². The lowest BCUT2D eigenvalue weighted by atomic mass is 10.2. The van der Waals surface area contributed by atoms with Crippen LogP contribution in [-0.4, -0.2) is 32.4 Å². The molecule has 0 saturated carbocycles. The summed E-state index contributed by atoms with van der Waals surface area (Å²) < 4.78 is 41.5. The van der Waals surface area contributed by atoms with Crippen molar-refractivity contribution >= 4 is 31.6 Å². The van der Waals surface area contributed by atoms with E-state index >= 15 is 0 Å². The summed E-state index contributed by atoms with van der Waals surface area (Å²) in [7, 11) is -0.829. The maximum Gasteiger partial charge on any atom is 0.262 e. The number of aryl methyl sites for hydroxylation is 1. The standard InChI is InChI=1S/C20H22BrN3O4S/c1-13-20(21)14(2)24(22-13)12-15-6-5-7-16(10-15)23-29(25,26)17-8-9-18(27-3)19(11-17)28-4/h5-11,23H,12H2,1-4H3. The average Bonchev–Trinajstić information content (AvgIpc) is 2.94. The van der Waals surface area contributed by atoms with Gasteiger partial charge in [-0.1, -0.05) is 12.1 Å². The summed E-state index contributed by atoms with van der Waals surface area (Å²) in [6, 6.07) is 11.7. The van der Waals surface area contributed by atoms with Crippen LogP contribution in [0.5, 0.6) is 11.5 Å². The van der Waals surface area contributed by atoms with Gasteiger partial charge in [-0.05, 0) is 59.6 Å². The van der Waals surface area contributed by atoms with Crippen LogP contribution < -0.4 is 14.2 Å². The molecule has 0 atom stereocenters. The lowest BCUT2D eigenvalue weighted by molar-refractivity contribution is 0.354. The summed E-state index contributed by atoms with van der Waals surface area (Å²) in [4.78, 5) is 0.0861. The Hall–Kier alpha value is -2.52. The number of nitrogens with zero attached hydrogens (tertiary/aromatic N) is 2. The van der Waals surface area contributed by atoms with E-state index in [9.17, 15) is 8.42 Å². The second-order valence-corrected chi connectivity index (χ2v) is 8.94. The Bertz CT molecular complexity index is 1140. The third-order valence-corrected chi connectivity index (χ3v) is 7.00. The van der Waals surface area contributed by atoms with Crippen molar-refractivity contribution in [2.24, 2.45) is 0 Å². The molecule has 0 spiro atoms. The zero-order chi connectivity index (χ0) is 21.2. The Kier molecular flexibility index (Phi) is 6.18. The molecule has 1 aromatic heterocycles. The molecule has 0 bridgehead atoms. The number of anilines is 1. The van der Waals surface area contributed by atoms with Crippen LogP contribution in [0.3, 0.4) is 0 Å². The molecule has 3 aromatic rings. The Morgan fingerprint density at radius 1 is 1.07 bits per heavy atom. The number of sulfonamides is 1. The second kappa shape index (κ2) is 8.46. The Morgan fingerprint density at radius 3 is 2.41 bits per heavy atom. The number of ether oxygens (including phenoxy) is 2. The van der Waals surface area contributed by atoms with E-state index in [0.717, 1.165) is 21.4 Å². The van der Waals surface area contributed by atoms with Gasteiger partial charge in [0, 0.05) is 11.8 Å². The minimum atomic E-state index is -3.79. The van der Waals surface area contributed by atoms with E-state index in [-0.39, 0.29) is 4.90 Å². The summed E-state index contributed by atoms with van der Waals surface area (Å²) in [5.74, 6) is 0.809. The first-order valence-corrected chi connectivity index (χ1v) is 11.1. The highest BCUT2D eigenvalue weighted by Gasteiger charge is 2.17. The largest absolute Gasteiger partial charge is 0.493 e. The summed E-state index contributed by atoms with van der Waals surface area (Å²) in [6.07, 6.45) is 0. The monoisotopic (exact) mass is 479 g/mol. The first-order chi connectivity index (χ1) is 13.7. The van der Waals surface area contributed by atoms with Crippen LogP contribution in [0.4, 0.5) is 5.69 Å². The van der Waals surface area contributed by atoms with Gasteiger partial charge in [-0.2, -0.15) is 5.10 Å². The normalized spacial score (nSPS) is 11.3. The molecule has 1 N–H and O–H groups in total. The van der Waals surface area contributed by atoms with Gasteiger partial charge in [0.1, 0.15) is 0 Å². The van der Waals surface area contributed by atoms with E-state index in [2.05, 4.69) is 25.8 Å². The van der Waals surface area contributed by atoms with Crippen molar-refractivity contribution in [2.45, 2.75) is 25.3 Å². The van der Waals surface area contributed by atoms with Gasteiger partial charge >= 0.3 is 0 Å². The highest BCUT2D eigenvalue weighted by molar-refractivity contribution is 9.10. The molecule has 0 unspecified atom stereocenters. The van der Waals surface area contributed by atoms with Crippen LogP contribution in [-0.2, 0) is 16.6 Å². The van der Waals surface area contributed by atoms with Crippen molar-refractivity contribution in [1.82, 2.24) is 9.78 Å². The van der Waals surface area contributed by atoms with Crippen molar-refractivity contribution in [3.8, 4) is 11.5 Å². The highest BCUT2D eigenvalue weighted by atomic mass is 79.9. The molecule has 0 fully saturated rings. The van der Waals surface area contributed by atoms with Crippen molar-refractivity contribution in [2.75, 3.05) is 18.9 Å². The molecule has 0 radical (unpaired) electrons. The first kappa shape index (κ1) is 21.2. The average molecular weight is 480 g/mol. The molecule has 1 heterocycles. The zero-order valence-electron chi connectivity index (χ0n) is 16.6. The molecule has 0 amide bonds. The fourth-order valence-corrected chi connectivity index (χ4v) is 4.28. The maximum absolute atomic E-state index is 12.8. The second-order valence-electron chi connectivity index (χ2n) is 6.47. The lowest BCUT2D eigenvalue weighted by Crippen LogP contribution is -2.13. The van der Waals surface area contributed by atoms with Gasteiger partial charge in [0.15, 0.2) is 11.5 Å². The van der Waals surface area contributed by atoms with Crippen molar-refractivity contribution < 1.29 is 17.9 Å². The van der Waals surface area contributed by atoms with Gasteiger partial charge in [0.05, 0.1) is 41.5 Å². The molecule has 0 saturated heterocycles. The number of halogens is 1. The molecule has 9 heteroatoms. The number of rotatable bonds is 7. The molecule has 29 heavy (non-hydrogen) atoms. The zero-order valence-corrected chi connectivity index (χ0v) is 19.0. The molecule has 0 aliphatic rings. The van der Waals surface area contributed by atoms with Crippen LogP contribution in [0.15, 0.2) is 51.8 Å². The molecular weight excluding hydrogens is 458 g/mol. The van der Waals surface area contributed by atoms with Gasteiger partial charge in [0.25, 0.3) is 10.0 Å². The minimum Gasteiger partial charge on any atom is -0.493 e. The van der Waals surface area contributed by atoms with E-state index in [1.165, 1.54) is 26.4 Å². The Labute approximate surface area is 178 Å². The fourth-order valence-electron chi connectivity index (χ4n) is 2.93. The van der Waals surface area contributed by atoms with E-state index in [4.69, 9.17) is 9.47 Å². The third-order valence-electron chi connectivity index (χ3n) is 4.47. The van der Waals surface area contributed by atoms with Crippen molar-refractivity contribution in [3.63, 3.8) is 0 Å². The van der Waals surface area contributed by atoms with Gasteiger partial charge in [0.2, 0.25) is 0 Å². The number of benzene rings is 2. The third kappa shape index (κ3) is 4.56. The van der Waals surface area contributed by atoms with Gasteiger partial charge in [-0.3, -0.25) is 9.40 Å². The van der Waals surface area contributed by atoms with Crippen LogP contribution in [0.1, 0.15) is 17.0 Å². The predicted octanol–water partition coefficient (Wildman–Crippen LogP) is 4.13. The van der Waals surface area contributed by atoms with Gasteiger partial charge in [-0.25, -0.2) is 8.42 Å². The Balaban J connectivity index is 1.85. The molecule has 3 rings (SSSR count). The van der Waals surface area contributed by atoms with E-state index in [1.807, 2.05) is 30.7 Å². The molecule has 2 aromatic carbocycles. The van der Waals surface area contributed by atoms with Gasteiger partial charge in [-0.15, -0.1) is 0 Å². The van der Waals surface area contributed by atoms with Gasteiger partial charge < -0.3 is 9.47 Å². The molecular formula is C20H22BrN3O4S. The van der Waals surface area contributed by atoms with E-state index in [0.29, 0.717) is 23.7 Å². The summed E-state index contributed by atoms with van der Waals surface area (Å²) in [6.45, 7) is 4.44. The summed E-state index contributed by atoms with van der Waals surface area (Å²) >= 11 is 3.52. The van der Waals surface area contributed by atoms with Crippen LogP contribution in [0, 0.1) is 13.8 Å². The first-order valence-electron chi connectivity index (χ1n) is 8.78. The summed E-state index contributed by atoms with van der Waals surface area (Å²) in [5, 5.41) is 4.50. The van der Waals surface area contributed by atoms with Crippen molar-refractivity contribution in [1.29, 1.82) is 0 Å². The fraction of sp³-hybridized carbons (Fsp3) is 0.250. The highest BCUT2D eigenvalue weighted by Crippen LogP contribution is 2.30. The number of hydrogen-bond acceptors (Lipinski definition) is 5. The number of nitrogens with one attached hydrogen (secondary N) is 1. The lowest BCUT2D eigenvalue weighted by Gasteiger charge is -2.12. The maximum atomic E-state index is 12.8. The minimum absolute atomic E-state index is 0.0861. The van der Waals surface area contributed by atoms with Crippen molar-refractivity contribution in [3.05, 3.63) is 63.9 Å². The van der Waals surface area contributed by atoms with Crippen LogP contribution >= 0.6 is 15.9 Å². The number of methoxy groups -OCH3 is 2. The molecule has 7 nitrogen and oxygen atoms in total. The summed E-state index contributed by atoms with van der Waals surface area (Å²) in [5.41, 5.74) is 3.32. The predicted molar refractivity (Wildman–Crippen MR) is 115 cm³/mol. The SMILES string of the molecule is COc1ccc(S(=O)(=O)Nc2cccc(Cn3nc(C)c(Br)c3C)c2)cc1OC. The molecule has 0 aliphatic carbocycles. The van der Waals surface area contributed by atoms with E-state index in [1.54, 1.807) is 18.2 Å². The van der Waals surface area contributed by atoms with Crippen LogP contribution in [0.25, 0.3) is 0 Å². The smallest absolute Gasteiger partial charge is 0.262 e. The topological polar surface area (TPSA) is 82.5 Å².